The number of likely N-dealkylation sites (N-methyl/N-ethyl adjacent to an activating group) is 1. The zero-order chi connectivity index (χ0) is 14.2. The van der Waals surface area contributed by atoms with Crippen molar-refractivity contribution in [3.63, 3.8) is 0 Å². The number of benzene rings is 1. The Morgan fingerprint density at radius 1 is 1.47 bits per heavy atom. The zero-order valence-corrected chi connectivity index (χ0v) is 11.2. The topological polar surface area (TPSA) is 92.3 Å². The lowest BCUT2D eigenvalue weighted by Crippen LogP contribution is -2.49. The molecule has 0 aliphatic rings. The number of nitrogens with zero attached hydrogens (tertiary/aromatic N) is 1. The Balaban J connectivity index is 2.21. The Kier molecular flexibility index (Phi) is 3.20. The highest BCUT2D eigenvalue weighted by Gasteiger charge is 2.25. The van der Waals surface area contributed by atoms with Crippen LogP contribution in [0.15, 0.2) is 27.4 Å². The number of H-pyrrole nitrogens is 1. The molecule has 2 rings (SSSR count). The van der Waals surface area contributed by atoms with Gasteiger partial charge in [0.1, 0.15) is 0 Å². The molecule has 0 saturated heterocycles. The van der Waals surface area contributed by atoms with Crippen molar-refractivity contribution in [1.29, 1.82) is 0 Å². The molecule has 0 saturated carbocycles. The van der Waals surface area contributed by atoms with Crippen LogP contribution in [0.1, 0.15) is 19.4 Å². The van der Waals surface area contributed by atoms with Crippen molar-refractivity contribution < 1.29 is 9.21 Å². The molecule has 1 heterocycles. The van der Waals surface area contributed by atoms with Crippen LogP contribution in [-0.4, -0.2) is 28.4 Å². The average molecular weight is 263 g/mol. The Morgan fingerprint density at radius 2 is 2.16 bits per heavy atom. The minimum Gasteiger partial charge on any atom is -0.408 e. The second-order valence-electron chi connectivity index (χ2n) is 5.23. The number of fused-ring (bicyclic) bond motifs is 1. The molecule has 0 atom stereocenters. The number of aromatic amines is 1. The number of hydrogen-bond acceptors (Lipinski definition) is 4. The van der Waals surface area contributed by atoms with Crippen LogP contribution in [0.2, 0.25) is 0 Å². The van der Waals surface area contributed by atoms with Gasteiger partial charge in [-0.1, -0.05) is 6.07 Å². The monoisotopic (exact) mass is 263 g/mol. The lowest BCUT2D eigenvalue weighted by Gasteiger charge is -2.25. The summed E-state index contributed by atoms with van der Waals surface area (Å²) in [6, 6.07) is 5.32. The third kappa shape index (κ3) is 2.85. The molecule has 0 aliphatic carbocycles. The lowest BCUT2D eigenvalue weighted by molar-refractivity contribution is -0.134. The number of carbonyl (C=O) groups is 1. The van der Waals surface area contributed by atoms with Gasteiger partial charge < -0.3 is 15.1 Å². The van der Waals surface area contributed by atoms with E-state index >= 15 is 0 Å². The van der Waals surface area contributed by atoms with Crippen molar-refractivity contribution >= 4 is 17.0 Å². The second kappa shape index (κ2) is 4.55. The van der Waals surface area contributed by atoms with Crippen LogP contribution in [0.3, 0.4) is 0 Å². The summed E-state index contributed by atoms with van der Waals surface area (Å²) in [4.78, 5) is 27.1. The van der Waals surface area contributed by atoms with Crippen molar-refractivity contribution in [2.75, 3.05) is 7.05 Å². The van der Waals surface area contributed by atoms with E-state index in [9.17, 15) is 9.59 Å². The van der Waals surface area contributed by atoms with E-state index in [1.165, 1.54) is 0 Å². The number of oxazole rings is 1. The molecule has 1 aromatic carbocycles. The molecule has 0 spiro atoms. The van der Waals surface area contributed by atoms with Gasteiger partial charge in [0.05, 0.1) is 11.1 Å². The summed E-state index contributed by atoms with van der Waals surface area (Å²) in [6.45, 7) is 3.74. The predicted octanol–water partition coefficient (Wildman–Crippen LogP) is 0.817. The Hall–Kier alpha value is -2.08. The minimum absolute atomic E-state index is 0.150. The molecule has 0 radical (unpaired) electrons. The predicted molar refractivity (Wildman–Crippen MR) is 71.6 cm³/mol. The number of hydrogen-bond donors (Lipinski definition) is 2. The number of nitrogens with one attached hydrogen (secondary N) is 1. The number of rotatable bonds is 3. The van der Waals surface area contributed by atoms with E-state index in [1.54, 1.807) is 37.9 Å². The SMILES string of the molecule is CN(Cc1ccc2[nH]c(=O)oc2c1)C(=O)C(C)(C)N. The van der Waals surface area contributed by atoms with Crippen LogP contribution >= 0.6 is 0 Å². The van der Waals surface area contributed by atoms with Crippen molar-refractivity contribution in [2.45, 2.75) is 25.9 Å². The molecule has 0 unspecified atom stereocenters. The van der Waals surface area contributed by atoms with E-state index in [0.717, 1.165) is 5.56 Å². The van der Waals surface area contributed by atoms with E-state index in [-0.39, 0.29) is 5.91 Å². The molecule has 0 aliphatic heterocycles. The van der Waals surface area contributed by atoms with Crippen molar-refractivity contribution in [1.82, 2.24) is 9.88 Å². The molecule has 2 aromatic rings. The fourth-order valence-electron chi connectivity index (χ4n) is 1.93. The van der Waals surface area contributed by atoms with E-state index in [1.807, 2.05) is 6.07 Å². The Bertz CT molecular complexity index is 664. The zero-order valence-electron chi connectivity index (χ0n) is 11.2. The highest BCUT2D eigenvalue weighted by atomic mass is 16.4. The first-order chi connectivity index (χ1) is 8.77. The second-order valence-corrected chi connectivity index (χ2v) is 5.23. The summed E-state index contributed by atoms with van der Waals surface area (Å²) in [5, 5.41) is 0. The largest absolute Gasteiger partial charge is 0.417 e. The molecule has 1 amide bonds. The number of nitrogens with two attached hydrogens (primary N) is 1. The van der Waals surface area contributed by atoms with Gasteiger partial charge in [-0.25, -0.2) is 4.79 Å². The summed E-state index contributed by atoms with van der Waals surface area (Å²) >= 11 is 0. The van der Waals surface area contributed by atoms with Gasteiger partial charge in [0.25, 0.3) is 0 Å². The maximum Gasteiger partial charge on any atom is 0.417 e. The Morgan fingerprint density at radius 3 is 2.79 bits per heavy atom. The molecule has 1 aromatic heterocycles. The molecule has 19 heavy (non-hydrogen) atoms. The lowest BCUT2D eigenvalue weighted by atomic mass is 10.1. The van der Waals surface area contributed by atoms with Gasteiger partial charge >= 0.3 is 5.76 Å². The third-order valence-corrected chi connectivity index (χ3v) is 2.80. The highest BCUT2D eigenvalue weighted by Crippen LogP contribution is 2.14. The van der Waals surface area contributed by atoms with Crippen LogP contribution in [0.25, 0.3) is 11.1 Å². The molecule has 0 fully saturated rings. The normalized spacial score (nSPS) is 11.8. The van der Waals surface area contributed by atoms with Gasteiger partial charge in [-0.15, -0.1) is 0 Å². The van der Waals surface area contributed by atoms with Gasteiger partial charge in [-0.05, 0) is 31.5 Å². The van der Waals surface area contributed by atoms with Gasteiger partial charge in [0, 0.05) is 13.6 Å². The highest BCUT2D eigenvalue weighted by molar-refractivity contribution is 5.85. The first-order valence-electron chi connectivity index (χ1n) is 5.93. The first-order valence-corrected chi connectivity index (χ1v) is 5.93. The molecule has 0 bridgehead atoms. The van der Waals surface area contributed by atoms with E-state index < -0.39 is 11.3 Å². The molecule has 6 heteroatoms. The summed E-state index contributed by atoms with van der Waals surface area (Å²) in [7, 11) is 1.69. The summed E-state index contributed by atoms with van der Waals surface area (Å²) < 4.78 is 4.98. The van der Waals surface area contributed by atoms with Crippen LogP contribution in [0.5, 0.6) is 0 Å². The van der Waals surface area contributed by atoms with Gasteiger partial charge in [-0.2, -0.15) is 0 Å². The summed E-state index contributed by atoms with van der Waals surface area (Å²) in [5.74, 6) is -0.636. The van der Waals surface area contributed by atoms with E-state index in [2.05, 4.69) is 4.98 Å². The Labute approximate surface area is 110 Å². The minimum atomic E-state index is -0.903. The average Bonchev–Trinajstić information content (AvgIpc) is 2.66. The number of amides is 1. The summed E-state index contributed by atoms with van der Waals surface area (Å²) in [5.41, 5.74) is 6.86. The van der Waals surface area contributed by atoms with Crippen molar-refractivity contribution in [3.05, 3.63) is 34.3 Å². The third-order valence-electron chi connectivity index (χ3n) is 2.80. The first kappa shape index (κ1) is 13.4. The number of carbonyl (C=O) groups excluding carboxylic acids is 1. The van der Waals surface area contributed by atoms with E-state index in [0.29, 0.717) is 17.6 Å². The molecule has 3 N–H and O–H groups in total. The molecular weight excluding hydrogens is 246 g/mol. The smallest absolute Gasteiger partial charge is 0.408 e. The van der Waals surface area contributed by atoms with Gasteiger partial charge in [-0.3, -0.25) is 9.78 Å². The van der Waals surface area contributed by atoms with Crippen molar-refractivity contribution in [3.8, 4) is 0 Å². The molecule has 102 valence electrons. The van der Waals surface area contributed by atoms with Crippen LogP contribution in [-0.2, 0) is 11.3 Å². The van der Waals surface area contributed by atoms with Gasteiger partial charge in [0.15, 0.2) is 5.58 Å². The fraction of sp³-hybridized carbons (Fsp3) is 0.385. The quantitative estimate of drug-likeness (QED) is 0.857. The van der Waals surface area contributed by atoms with Crippen molar-refractivity contribution in [2.24, 2.45) is 5.73 Å². The standard InChI is InChI=1S/C13H17N3O3/c1-13(2,14)11(17)16(3)7-8-4-5-9-10(6-8)19-12(18)15-9/h4-6H,7,14H2,1-3H3,(H,15,18). The van der Waals surface area contributed by atoms with Crippen LogP contribution in [0, 0.1) is 0 Å². The molecular formula is C13H17N3O3. The van der Waals surface area contributed by atoms with Crippen LogP contribution in [0.4, 0.5) is 0 Å². The summed E-state index contributed by atoms with van der Waals surface area (Å²) in [6.07, 6.45) is 0. The maximum absolute atomic E-state index is 12.0. The molecule has 6 nitrogen and oxygen atoms in total. The van der Waals surface area contributed by atoms with E-state index in [4.69, 9.17) is 10.2 Å². The van der Waals surface area contributed by atoms with Crippen LogP contribution < -0.4 is 11.5 Å². The number of aromatic nitrogens is 1. The van der Waals surface area contributed by atoms with Gasteiger partial charge in [0.2, 0.25) is 5.91 Å². The fourth-order valence-corrected chi connectivity index (χ4v) is 1.93. The maximum atomic E-state index is 12.0.